The zero-order valence-electron chi connectivity index (χ0n) is 11.4. The van der Waals surface area contributed by atoms with E-state index in [1.807, 2.05) is 24.3 Å². The lowest BCUT2D eigenvalue weighted by atomic mass is 10.1. The summed E-state index contributed by atoms with van der Waals surface area (Å²) < 4.78 is 5.78. The van der Waals surface area contributed by atoms with E-state index in [9.17, 15) is 5.11 Å². The molecule has 1 unspecified atom stereocenters. The minimum absolute atomic E-state index is 0.146. The normalized spacial score (nSPS) is 20.4. The van der Waals surface area contributed by atoms with Gasteiger partial charge in [-0.2, -0.15) is 0 Å². The maximum Gasteiger partial charge on any atom is 0.123 e. The van der Waals surface area contributed by atoms with Gasteiger partial charge in [-0.25, -0.2) is 0 Å². The molecule has 4 heteroatoms. The van der Waals surface area contributed by atoms with Crippen molar-refractivity contribution in [2.45, 2.75) is 31.9 Å². The average molecular weight is 264 g/mol. The summed E-state index contributed by atoms with van der Waals surface area (Å²) in [6, 6.07) is 7.91. The summed E-state index contributed by atoms with van der Waals surface area (Å²) in [5, 5.41) is 9.60. The van der Waals surface area contributed by atoms with Crippen LogP contribution in [0.25, 0.3) is 0 Å². The van der Waals surface area contributed by atoms with Crippen LogP contribution in [0.4, 0.5) is 0 Å². The molecule has 1 fully saturated rings. The quantitative estimate of drug-likeness (QED) is 0.762. The largest absolute Gasteiger partial charge is 0.493 e. The van der Waals surface area contributed by atoms with Gasteiger partial charge >= 0.3 is 0 Å². The first kappa shape index (κ1) is 14.3. The molecular weight excluding hydrogens is 240 g/mol. The van der Waals surface area contributed by atoms with Crippen LogP contribution in [0, 0.1) is 0 Å². The number of nitrogens with zero attached hydrogens (tertiary/aromatic N) is 1. The molecule has 0 amide bonds. The van der Waals surface area contributed by atoms with Crippen molar-refractivity contribution in [3.63, 3.8) is 0 Å². The number of ether oxygens (including phenoxy) is 1. The molecule has 1 aromatic rings. The first-order chi connectivity index (χ1) is 9.29. The van der Waals surface area contributed by atoms with Crippen LogP contribution in [0.15, 0.2) is 24.3 Å². The van der Waals surface area contributed by atoms with Gasteiger partial charge in [0.1, 0.15) is 5.75 Å². The Labute approximate surface area is 115 Å². The highest BCUT2D eigenvalue weighted by Gasteiger charge is 2.16. The lowest BCUT2D eigenvalue weighted by Crippen LogP contribution is -2.39. The Hall–Kier alpha value is -1.10. The van der Waals surface area contributed by atoms with E-state index >= 15 is 0 Å². The number of hydrogen-bond acceptors (Lipinski definition) is 4. The fourth-order valence-corrected chi connectivity index (χ4v) is 2.52. The molecule has 0 bridgehead atoms. The van der Waals surface area contributed by atoms with E-state index in [1.54, 1.807) is 0 Å². The second-order valence-electron chi connectivity index (χ2n) is 5.11. The van der Waals surface area contributed by atoms with E-state index in [0.717, 1.165) is 50.2 Å². The first-order valence-corrected chi connectivity index (χ1v) is 7.11. The SMILES string of the molecule is NCc1ccccc1OCCCN1CCCC(O)C1. The van der Waals surface area contributed by atoms with Gasteiger partial charge in [0.15, 0.2) is 0 Å². The maximum atomic E-state index is 9.60. The van der Waals surface area contributed by atoms with Crippen LogP contribution in [-0.4, -0.2) is 42.4 Å². The predicted molar refractivity (Wildman–Crippen MR) is 76.1 cm³/mol. The van der Waals surface area contributed by atoms with E-state index in [-0.39, 0.29) is 6.10 Å². The van der Waals surface area contributed by atoms with Crippen molar-refractivity contribution in [1.29, 1.82) is 0 Å². The molecule has 1 aliphatic rings. The Kier molecular flexibility index (Phi) is 5.63. The molecule has 0 saturated carbocycles. The molecule has 1 aliphatic heterocycles. The first-order valence-electron chi connectivity index (χ1n) is 7.11. The molecule has 0 aromatic heterocycles. The van der Waals surface area contributed by atoms with Crippen molar-refractivity contribution in [2.24, 2.45) is 5.73 Å². The number of hydrogen-bond donors (Lipinski definition) is 2. The highest BCUT2D eigenvalue weighted by Crippen LogP contribution is 2.17. The van der Waals surface area contributed by atoms with Gasteiger partial charge < -0.3 is 20.5 Å². The number of nitrogens with two attached hydrogens (primary N) is 1. The fourth-order valence-electron chi connectivity index (χ4n) is 2.52. The smallest absolute Gasteiger partial charge is 0.123 e. The van der Waals surface area contributed by atoms with Gasteiger partial charge in [0.05, 0.1) is 12.7 Å². The monoisotopic (exact) mass is 264 g/mol. The van der Waals surface area contributed by atoms with Crippen LogP contribution in [-0.2, 0) is 6.54 Å². The molecule has 0 radical (unpaired) electrons. The highest BCUT2D eigenvalue weighted by atomic mass is 16.5. The Balaban J connectivity index is 1.69. The van der Waals surface area contributed by atoms with Gasteiger partial charge in [0.2, 0.25) is 0 Å². The summed E-state index contributed by atoms with van der Waals surface area (Å²) >= 11 is 0. The third kappa shape index (κ3) is 4.49. The number of rotatable bonds is 6. The van der Waals surface area contributed by atoms with Crippen molar-refractivity contribution in [1.82, 2.24) is 4.90 Å². The summed E-state index contributed by atoms with van der Waals surface area (Å²) in [5.74, 6) is 0.892. The summed E-state index contributed by atoms with van der Waals surface area (Å²) in [5.41, 5.74) is 6.72. The lowest BCUT2D eigenvalue weighted by Gasteiger charge is -2.29. The van der Waals surface area contributed by atoms with Crippen molar-refractivity contribution in [3.8, 4) is 5.75 Å². The predicted octanol–water partition coefficient (Wildman–Crippen LogP) is 1.37. The van der Waals surface area contributed by atoms with E-state index in [4.69, 9.17) is 10.5 Å². The Morgan fingerprint density at radius 1 is 1.37 bits per heavy atom. The molecule has 1 aromatic carbocycles. The summed E-state index contributed by atoms with van der Waals surface area (Å²) in [6.45, 7) is 4.09. The fraction of sp³-hybridized carbons (Fsp3) is 0.600. The summed E-state index contributed by atoms with van der Waals surface area (Å²) in [7, 11) is 0. The van der Waals surface area contributed by atoms with Gasteiger partial charge in [0.25, 0.3) is 0 Å². The van der Waals surface area contributed by atoms with Crippen LogP contribution in [0.2, 0.25) is 0 Å². The molecule has 1 atom stereocenters. The zero-order chi connectivity index (χ0) is 13.5. The Morgan fingerprint density at radius 3 is 3.00 bits per heavy atom. The van der Waals surface area contributed by atoms with Gasteiger partial charge in [-0.15, -0.1) is 0 Å². The molecule has 0 spiro atoms. The number of para-hydroxylation sites is 1. The van der Waals surface area contributed by atoms with Gasteiger partial charge in [0, 0.05) is 25.2 Å². The van der Waals surface area contributed by atoms with Crippen molar-refractivity contribution in [2.75, 3.05) is 26.2 Å². The van der Waals surface area contributed by atoms with Gasteiger partial charge in [-0.1, -0.05) is 18.2 Å². The van der Waals surface area contributed by atoms with E-state index in [1.165, 1.54) is 0 Å². The van der Waals surface area contributed by atoms with E-state index in [0.29, 0.717) is 13.2 Å². The number of benzene rings is 1. The Bertz CT molecular complexity index is 384. The number of aliphatic hydroxyl groups excluding tert-OH is 1. The van der Waals surface area contributed by atoms with Crippen molar-refractivity contribution in [3.05, 3.63) is 29.8 Å². The molecule has 0 aliphatic carbocycles. The van der Waals surface area contributed by atoms with Crippen LogP contribution in [0.1, 0.15) is 24.8 Å². The summed E-state index contributed by atoms with van der Waals surface area (Å²) in [4.78, 5) is 2.31. The number of aliphatic hydroxyl groups is 1. The zero-order valence-corrected chi connectivity index (χ0v) is 11.4. The van der Waals surface area contributed by atoms with Crippen LogP contribution in [0.3, 0.4) is 0 Å². The van der Waals surface area contributed by atoms with Crippen LogP contribution in [0.5, 0.6) is 5.75 Å². The molecule has 1 saturated heterocycles. The Morgan fingerprint density at radius 2 is 2.21 bits per heavy atom. The average Bonchev–Trinajstić information content (AvgIpc) is 2.44. The highest BCUT2D eigenvalue weighted by molar-refractivity contribution is 5.32. The van der Waals surface area contributed by atoms with Crippen molar-refractivity contribution < 1.29 is 9.84 Å². The van der Waals surface area contributed by atoms with Crippen molar-refractivity contribution >= 4 is 0 Å². The topological polar surface area (TPSA) is 58.7 Å². The summed E-state index contributed by atoms with van der Waals surface area (Å²) in [6.07, 6.45) is 2.87. The number of likely N-dealkylation sites (tertiary alicyclic amines) is 1. The second-order valence-corrected chi connectivity index (χ2v) is 5.11. The second kappa shape index (κ2) is 7.48. The standard InChI is InChI=1S/C15H24N2O2/c16-11-13-5-1-2-7-15(13)19-10-4-9-17-8-3-6-14(18)12-17/h1-2,5,7,14,18H,3-4,6,8-12,16H2. The molecule has 19 heavy (non-hydrogen) atoms. The molecule has 2 rings (SSSR count). The van der Waals surface area contributed by atoms with Crippen LogP contribution < -0.4 is 10.5 Å². The number of piperidine rings is 1. The minimum Gasteiger partial charge on any atom is -0.493 e. The maximum absolute atomic E-state index is 9.60. The minimum atomic E-state index is -0.146. The number of β-amino-alcohol motifs (C(OH)–C–C–N with tert-alkyl or cyclic N) is 1. The van der Waals surface area contributed by atoms with E-state index < -0.39 is 0 Å². The third-order valence-electron chi connectivity index (χ3n) is 3.55. The van der Waals surface area contributed by atoms with Gasteiger partial charge in [-0.05, 0) is 31.9 Å². The molecule has 3 N–H and O–H groups in total. The van der Waals surface area contributed by atoms with Gasteiger partial charge in [-0.3, -0.25) is 0 Å². The lowest BCUT2D eigenvalue weighted by molar-refractivity contribution is 0.0678. The molecule has 106 valence electrons. The molecule has 1 heterocycles. The van der Waals surface area contributed by atoms with E-state index in [2.05, 4.69) is 4.90 Å². The van der Waals surface area contributed by atoms with Crippen LogP contribution >= 0.6 is 0 Å². The molecule has 4 nitrogen and oxygen atoms in total. The third-order valence-corrected chi connectivity index (χ3v) is 3.55. The molecular formula is C15H24N2O2.